The summed E-state index contributed by atoms with van der Waals surface area (Å²) in [7, 11) is 2.78. The molecule has 1 heterocycles. The second-order valence-electron chi connectivity index (χ2n) is 5.89. The molecule has 0 atom stereocenters. The number of hydrogen-bond donors (Lipinski definition) is 1. The van der Waals surface area contributed by atoms with Gasteiger partial charge in [0, 0.05) is 5.56 Å². The van der Waals surface area contributed by atoms with Crippen LogP contribution < -0.4 is 15.2 Å². The number of hydrogen-bond acceptors (Lipinski definition) is 7. The lowest BCUT2D eigenvalue weighted by Gasteiger charge is -2.08. The lowest BCUT2D eigenvalue weighted by atomic mass is 10.1. The van der Waals surface area contributed by atoms with E-state index in [4.69, 9.17) is 19.9 Å². The molecule has 0 saturated carbocycles. The predicted octanol–water partition coefficient (Wildman–Crippen LogP) is 3.56. The number of amides is 1. The highest BCUT2D eigenvalue weighted by Gasteiger charge is 2.22. The van der Waals surface area contributed by atoms with Gasteiger partial charge >= 0.3 is 5.97 Å². The van der Waals surface area contributed by atoms with Crippen molar-refractivity contribution in [3.05, 3.63) is 63.5 Å². The van der Waals surface area contributed by atoms with Crippen molar-refractivity contribution in [3.8, 4) is 22.8 Å². The molecule has 0 bridgehead atoms. The quantitative estimate of drug-likeness (QED) is 0.571. The SMILES string of the molecule is COC(=O)c1sc(COc2ccc(F)c(C(N)=O)c2F)nc1-c1ccc(OC)cc1. The summed E-state index contributed by atoms with van der Waals surface area (Å²) in [5.74, 6) is -3.87. The summed E-state index contributed by atoms with van der Waals surface area (Å²) in [5.41, 5.74) is 5.12. The minimum atomic E-state index is -1.25. The number of thiazole rings is 1. The molecule has 30 heavy (non-hydrogen) atoms. The molecule has 0 unspecified atom stereocenters. The molecule has 1 amide bonds. The van der Waals surface area contributed by atoms with Crippen LogP contribution in [0.4, 0.5) is 8.78 Å². The number of carbonyl (C=O) groups excluding carboxylic acids is 2. The number of nitrogens with two attached hydrogens (primary N) is 1. The van der Waals surface area contributed by atoms with E-state index in [-0.39, 0.29) is 17.2 Å². The van der Waals surface area contributed by atoms with Crippen LogP contribution in [0.3, 0.4) is 0 Å². The first kappa shape index (κ1) is 21.2. The largest absolute Gasteiger partial charge is 0.497 e. The van der Waals surface area contributed by atoms with Crippen molar-refractivity contribution in [2.24, 2.45) is 5.73 Å². The van der Waals surface area contributed by atoms with E-state index in [0.717, 1.165) is 23.5 Å². The third-order valence-electron chi connectivity index (χ3n) is 4.06. The van der Waals surface area contributed by atoms with Crippen LogP contribution in [-0.4, -0.2) is 31.1 Å². The van der Waals surface area contributed by atoms with Gasteiger partial charge in [-0.1, -0.05) is 0 Å². The topological polar surface area (TPSA) is 101 Å². The van der Waals surface area contributed by atoms with Gasteiger partial charge in [0.2, 0.25) is 0 Å². The Morgan fingerprint density at radius 3 is 2.40 bits per heavy atom. The van der Waals surface area contributed by atoms with E-state index in [2.05, 4.69) is 4.98 Å². The van der Waals surface area contributed by atoms with Gasteiger partial charge in [-0.2, -0.15) is 0 Å². The van der Waals surface area contributed by atoms with Crippen molar-refractivity contribution in [3.63, 3.8) is 0 Å². The van der Waals surface area contributed by atoms with Crippen LogP contribution in [0, 0.1) is 11.6 Å². The van der Waals surface area contributed by atoms with E-state index in [9.17, 15) is 18.4 Å². The second-order valence-corrected chi connectivity index (χ2v) is 6.98. The summed E-state index contributed by atoms with van der Waals surface area (Å²) in [6.07, 6.45) is 0. The molecule has 0 aliphatic heterocycles. The number of methoxy groups -OCH3 is 2. The Bertz CT molecular complexity index is 1100. The standard InChI is InChI=1S/C20H16F2N2O5S/c1-27-11-5-3-10(4-6-11)17-18(20(26)28-2)30-14(24-17)9-29-13-8-7-12(21)15(16(13)22)19(23)25/h3-8H,9H2,1-2H3,(H2,23,25). The molecule has 0 aliphatic rings. The van der Waals surface area contributed by atoms with Crippen LogP contribution in [0.25, 0.3) is 11.3 Å². The van der Waals surface area contributed by atoms with Gasteiger partial charge in [0.15, 0.2) is 11.6 Å². The summed E-state index contributed by atoms with van der Waals surface area (Å²) >= 11 is 1.01. The van der Waals surface area contributed by atoms with Crippen molar-refractivity contribution < 1.29 is 32.6 Å². The fourth-order valence-corrected chi connectivity index (χ4v) is 3.53. The van der Waals surface area contributed by atoms with Gasteiger partial charge in [-0.3, -0.25) is 4.79 Å². The zero-order valence-electron chi connectivity index (χ0n) is 15.9. The van der Waals surface area contributed by atoms with Crippen LogP contribution in [-0.2, 0) is 11.3 Å². The highest BCUT2D eigenvalue weighted by molar-refractivity contribution is 7.14. The summed E-state index contributed by atoms with van der Waals surface area (Å²) in [5, 5.41) is 0.338. The number of primary amides is 1. The first-order valence-corrected chi connectivity index (χ1v) is 9.30. The van der Waals surface area contributed by atoms with Crippen LogP contribution in [0.5, 0.6) is 11.5 Å². The molecule has 3 rings (SSSR count). The predicted molar refractivity (Wildman–Crippen MR) is 105 cm³/mol. The first-order chi connectivity index (χ1) is 14.3. The van der Waals surface area contributed by atoms with Crippen molar-refractivity contribution >= 4 is 23.2 Å². The lowest BCUT2D eigenvalue weighted by molar-refractivity contribution is 0.0606. The van der Waals surface area contributed by atoms with Crippen LogP contribution in [0.2, 0.25) is 0 Å². The molecular formula is C20H16F2N2O5S. The van der Waals surface area contributed by atoms with Gasteiger partial charge in [0.25, 0.3) is 5.91 Å². The molecule has 0 radical (unpaired) electrons. The summed E-state index contributed by atoms with van der Waals surface area (Å²) in [6.45, 7) is -0.231. The fraction of sp³-hybridized carbons (Fsp3) is 0.150. The number of halogens is 2. The molecule has 7 nitrogen and oxygen atoms in total. The molecule has 1 aromatic heterocycles. The molecule has 2 aromatic carbocycles. The Balaban J connectivity index is 1.90. The van der Waals surface area contributed by atoms with Gasteiger partial charge < -0.3 is 19.9 Å². The Hall–Kier alpha value is -3.53. The second kappa shape index (κ2) is 8.87. The molecule has 0 saturated heterocycles. The van der Waals surface area contributed by atoms with Gasteiger partial charge in [-0.15, -0.1) is 11.3 Å². The maximum atomic E-state index is 14.3. The molecule has 3 aromatic rings. The van der Waals surface area contributed by atoms with Crippen LogP contribution in [0.15, 0.2) is 36.4 Å². The smallest absolute Gasteiger partial charge is 0.350 e. The normalized spacial score (nSPS) is 10.5. The number of nitrogens with zero attached hydrogens (tertiary/aromatic N) is 1. The average Bonchev–Trinajstić information content (AvgIpc) is 3.16. The van der Waals surface area contributed by atoms with E-state index in [1.165, 1.54) is 14.2 Å². The average molecular weight is 434 g/mol. The fourth-order valence-electron chi connectivity index (χ4n) is 2.61. The Morgan fingerprint density at radius 1 is 1.10 bits per heavy atom. The maximum absolute atomic E-state index is 14.3. The van der Waals surface area contributed by atoms with E-state index < -0.39 is 29.1 Å². The van der Waals surface area contributed by atoms with E-state index in [0.29, 0.717) is 22.0 Å². The van der Waals surface area contributed by atoms with Gasteiger partial charge in [0.05, 0.1) is 19.9 Å². The molecule has 156 valence electrons. The van der Waals surface area contributed by atoms with Gasteiger partial charge in [0.1, 0.15) is 33.6 Å². The lowest BCUT2D eigenvalue weighted by Crippen LogP contribution is -2.16. The third-order valence-corrected chi connectivity index (χ3v) is 5.07. The maximum Gasteiger partial charge on any atom is 0.350 e. The number of aromatic nitrogens is 1. The number of ether oxygens (including phenoxy) is 3. The molecule has 10 heteroatoms. The van der Waals surface area contributed by atoms with E-state index >= 15 is 0 Å². The third kappa shape index (κ3) is 4.23. The molecule has 0 aliphatic carbocycles. The summed E-state index contributed by atoms with van der Waals surface area (Å²) in [6, 6.07) is 8.79. The minimum Gasteiger partial charge on any atom is -0.497 e. The monoisotopic (exact) mass is 434 g/mol. The van der Waals surface area contributed by atoms with Crippen molar-refractivity contribution in [1.29, 1.82) is 0 Å². The summed E-state index contributed by atoms with van der Waals surface area (Å²) in [4.78, 5) is 28.0. The molecule has 2 N–H and O–H groups in total. The number of carbonyl (C=O) groups is 2. The first-order valence-electron chi connectivity index (χ1n) is 8.48. The number of rotatable bonds is 7. The van der Waals surface area contributed by atoms with Crippen LogP contribution >= 0.6 is 11.3 Å². The molecular weight excluding hydrogens is 418 g/mol. The van der Waals surface area contributed by atoms with Crippen molar-refractivity contribution in [1.82, 2.24) is 4.98 Å². The van der Waals surface area contributed by atoms with Crippen molar-refractivity contribution in [2.45, 2.75) is 6.61 Å². The number of benzene rings is 2. The Morgan fingerprint density at radius 2 is 1.80 bits per heavy atom. The zero-order chi connectivity index (χ0) is 21.8. The summed E-state index contributed by atoms with van der Waals surface area (Å²) < 4.78 is 43.2. The van der Waals surface area contributed by atoms with Gasteiger partial charge in [-0.05, 0) is 36.4 Å². The van der Waals surface area contributed by atoms with E-state index in [1.807, 2.05) is 0 Å². The highest BCUT2D eigenvalue weighted by atomic mass is 32.1. The van der Waals surface area contributed by atoms with Crippen molar-refractivity contribution in [2.75, 3.05) is 14.2 Å². The Kier molecular flexibility index (Phi) is 6.26. The van der Waals surface area contributed by atoms with E-state index in [1.54, 1.807) is 24.3 Å². The number of esters is 1. The molecule has 0 spiro atoms. The zero-order valence-corrected chi connectivity index (χ0v) is 16.7. The van der Waals surface area contributed by atoms with Gasteiger partial charge in [-0.25, -0.2) is 18.6 Å². The van der Waals surface area contributed by atoms with Crippen LogP contribution in [0.1, 0.15) is 25.0 Å². The highest BCUT2D eigenvalue weighted by Crippen LogP contribution is 2.31. The minimum absolute atomic E-state index is 0.231. The molecule has 0 fully saturated rings. The Labute approximate surface area is 174 Å².